The number of nitrogens with one attached hydrogen (secondary N) is 1. The zero-order chi connectivity index (χ0) is 14.8. The van der Waals surface area contributed by atoms with Gasteiger partial charge in [0.05, 0.1) is 16.9 Å². The van der Waals surface area contributed by atoms with Crippen molar-refractivity contribution in [3.05, 3.63) is 52.5 Å². The fourth-order valence-corrected chi connectivity index (χ4v) is 2.85. The van der Waals surface area contributed by atoms with Crippen molar-refractivity contribution in [2.75, 3.05) is 5.32 Å². The van der Waals surface area contributed by atoms with Gasteiger partial charge < -0.3 is 9.88 Å². The monoisotopic (exact) mass is 364 g/mol. The van der Waals surface area contributed by atoms with Crippen LogP contribution in [-0.4, -0.2) is 20.6 Å². The van der Waals surface area contributed by atoms with Gasteiger partial charge in [-0.25, -0.2) is 9.97 Å². The first kappa shape index (κ1) is 14.4. The molecule has 0 radical (unpaired) electrons. The molecular formula is C15H14BrClN4. The quantitative estimate of drug-likeness (QED) is 0.747. The van der Waals surface area contributed by atoms with Crippen molar-refractivity contribution in [1.82, 2.24) is 14.5 Å². The Morgan fingerprint density at radius 3 is 3.00 bits per heavy atom. The Bertz CT molecular complexity index is 758. The van der Waals surface area contributed by atoms with Gasteiger partial charge >= 0.3 is 0 Å². The molecule has 0 aliphatic rings. The van der Waals surface area contributed by atoms with Crippen LogP contribution in [0.1, 0.15) is 6.92 Å². The first-order valence-electron chi connectivity index (χ1n) is 6.60. The lowest BCUT2D eigenvalue weighted by Gasteiger charge is -2.16. The predicted octanol–water partition coefficient (Wildman–Crippen LogP) is 4.35. The molecule has 21 heavy (non-hydrogen) atoms. The molecule has 2 aromatic heterocycles. The Kier molecular flexibility index (Phi) is 4.12. The summed E-state index contributed by atoms with van der Waals surface area (Å²) in [4.78, 5) is 8.66. The highest BCUT2D eigenvalue weighted by Gasteiger charge is 2.08. The van der Waals surface area contributed by atoms with Crippen LogP contribution in [0, 0.1) is 0 Å². The minimum atomic E-state index is 0.215. The molecule has 4 nitrogen and oxygen atoms in total. The number of hydrogen-bond donors (Lipinski definition) is 1. The van der Waals surface area contributed by atoms with Crippen molar-refractivity contribution in [3.8, 4) is 0 Å². The number of anilines is 1. The lowest BCUT2D eigenvalue weighted by atomic mass is 10.2. The second kappa shape index (κ2) is 6.03. The molecule has 1 aromatic carbocycles. The Hall–Kier alpha value is -1.59. The summed E-state index contributed by atoms with van der Waals surface area (Å²) >= 11 is 9.79. The topological polar surface area (TPSA) is 42.7 Å². The molecule has 0 saturated heterocycles. The highest BCUT2D eigenvalue weighted by atomic mass is 79.9. The molecule has 0 fully saturated rings. The number of benzene rings is 1. The van der Waals surface area contributed by atoms with Gasteiger partial charge in [0.25, 0.3) is 0 Å². The molecule has 1 unspecified atom stereocenters. The molecule has 0 bridgehead atoms. The van der Waals surface area contributed by atoms with Crippen molar-refractivity contribution in [3.63, 3.8) is 0 Å². The van der Waals surface area contributed by atoms with E-state index in [9.17, 15) is 0 Å². The van der Waals surface area contributed by atoms with Gasteiger partial charge in [-0.05, 0) is 25.1 Å². The molecule has 0 amide bonds. The van der Waals surface area contributed by atoms with Gasteiger partial charge in [0.15, 0.2) is 0 Å². The third-order valence-electron chi connectivity index (χ3n) is 3.16. The Morgan fingerprint density at radius 1 is 1.38 bits per heavy atom. The van der Waals surface area contributed by atoms with E-state index < -0.39 is 0 Å². The third kappa shape index (κ3) is 3.36. The van der Waals surface area contributed by atoms with E-state index in [1.54, 1.807) is 12.5 Å². The molecule has 3 rings (SSSR count). The minimum Gasteiger partial charge on any atom is -0.366 e. The Labute approximate surface area is 136 Å². The lowest BCUT2D eigenvalue weighted by molar-refractivity contribution is 0.617. The minimum absolute atomic E-state index is 0.215. The Balaban J connectivity index is 1.83. The van der Waals surface area contributed by atoms with E-state index in [0.717, 1.165) is 27.7 Å². The molecule has 2 heterocycles. The van der Waals surface area contributed by atoms with Crippen LogP contribution in [0.2, 0.25) is 5.02 Å². The van der Waals surface area contributed by atoms with E-state index in [2.05, 4.69) is 38.1 Å². The highest BCUT2D eigenvalue weighted by Crippen LogP contribution is 2.27. The number of aromatic nitrogens is 3. The van der Waals surface area contributed by atoms with Crippen LogP contribution in [0.5, 0.6) is 0 Å². The van der Waals surface area contributed by atoms with Crippen molar-refractivity contribution in [1.29, 1.82) is 0 Å². The van der Waals surface area contributed by atoms with Crippen LogP contribution >= 0.6 is 27.5 Å². The first-order valence-corrected chi connectivity index (χ1v) is 7.77. The summed E-state index contributed by atoms with van der Waals surface area (Å²) in [5.74, 6) is 0.776. The molecular weight excluding hydrogens is 352 g/mol. The summed E-state index contributed by atoms with van der Waals surface area (Å²) in [5, 5.41) is 5.02. The van der Waals surface area contributed by atoms with Crippen LogP contribution < -0.4 is 5.32 Å². The van der Waals surface area contributed by atoms with Crippen molar-refractivity contribution in [2.24, 2.45) is 0 Å². The Morgan fingerprint density at radius 2 is 2.24 bits per heavy atom. The zero-order valence-corrected chi connectivity index (χ0v) is 13.8. The summed E-state index contributed by atoms with van der Waals surface area (Å²) in [5.41, 5.74) is 0.870. The van der Waals surface area contributed by atoms with Gasteiger partial charge in [0.2, 0.25) is 0 Å². The summed E-state index contributed by atoms with van der Waals surface area (Å²) in [6, 6.07) is 7.97. The van der Waals surface area contributed by atoms with Crippen molar-refractivity contribution < 1.29 is 0 Å². The smallest absolute Gasteiger partial charge is 0.128 e. The second-order valence-corrected chi connectivity index (χ2v) is 6.28. The zero-order valence-electron chi connectivity index (χ0n) is 11.4. The molecule has 1 N–H and O–H groups in total. The fraction of sp³-hybridized carbons (Fsp3) is 0.200. The first-order chi connectivity index (χ1) is 10.1. The molecule has 0 aliphatic carbocycles. The van der Waals surface area contributed by atoms with E-state index in [1.165, 1.54) is 0 Å². The van der Waals surface area contributed by atoms with E-state index in [1.807, 2.05) is 35.0 Å². The lowest BCUT2D eigenvalue weighted by Crippen LogP contribution is -2.21. The average molecular weight is 366 g/mol. The molecule has 0 aliphatic heterocycles. The molecule has 108 valence electrons. The van der Waals surface area contributed by atoms with Gasteiger partial charge in [-0.1, -0.05) is 33.6 Å². The van der Waals surface area contributed by atoms with Crippen LogP contribution in [0.15, 0.2) is 47.5 Å². The maximum Gasteiger partial charge on any atom is 0.128 e. The van der Waals surface area contributed by atoms with Crippen LogP contribution in [0.4, 0.5) is 5.82 Å². The van der Waals surface area contributed by atoms with E-state index in [0.29, 0.717) is 5.02 Å². The number of rotatable bonds is 4. The normalized spacial score (nSPS) is 12.5. The standard InChI is InChI=1S/C15H14BrClN4/c1-10(8-21-5-4-18-9-21)19-15-7-13(17)12-3-2-11(16)6-14(12)20-15/h2-7,9-10H,8H2,1H3,(H,19,20). The van der Waals surface area contributed by atoms with Gasteiger partial charge in [-0.3, -0.25) is 0 Å². The van der Waals surface area contributed by atoms with Gasteiger partial charge in [0.1, 0.15) is 5.82 Å². The number of halogens is 2. The summed E-state index contributed by atoms with van der Waals surface area (Å²) in [7, 11) is 0. The molecule has 0 saturated carbocycles. The maximum absolute atomic E-state index is 6.33. The largest absolute Gasteiger partial charge is 0.366 e. The molecule has 0 spiro atoms. The van der Waals surface area contributed by atoms with Crippen molar-refractivity contribution in [2.45, 2.75) is 19.5 Å². The maximum atomic E-state index is 6.33. The number of hydrogen-bond acceptors (Lipinski definition) is 3. The van der Waals surface area contributed by atoms with Gasteiger partial charge in [-0.15, -0.1) is 0 Å². The van der Waals surface area contributed by atoms with E-state index in [4.69, 9.17) is 11.6 Å². The summed E-state index contributed by atoms with van der Waals surface area (Å²) in [6.07, 6.45) is 5.52. The van der Waals surface area contributed by atoms with Crippen molar-refractivity contribution >= 4 is 44.3 Å². The highest BCUT2D eigenvalue weighted by molar-refractivity contribution is 9.10. The molecule has 6 heteroatoms. The average Bonchev–Trinajstić information content (AvgIpc) is 2.90. The molecule has 1 atom stereocenters. The number of pyridine rings is 1. The second-order valence-electron chi connectivity index (χ2n) is 4.96. The van der Waals surface area contributed by atoms with Crippen LogP contribution in [-0.2, 0) is 6.54 Å². The number of imidazole rings is 1. The number of nitrogens with zero attached hydrogens (tertiary/aromatic N) is 3. The van der Waals surface area contributed by atoms with Gasteiger partial charge in [0, 0.05) is 34.8 Å². The SMILES string of the molecule is CC(Cn1ccnc1)Nc1cc(Cl)c2ccc(Br)cc2n1. The number of fused-ring (bicyclic) bond motifs is 1. The van der Waals surface area contributed by atoms with E-state index in [-0.39, 0.29) is 6.04 Å². The predicted molar refractivity (Wildman–Crippen MR) is 89.8 cm³/mol. The summed E-state index contributed by atoms with van der Waals surface area (Å²) < 4.78 is 3.01. The van der Waals surface area contributed by atoms with E-state index >= 15 is 0 Å². The molecule has 3 aromatic rings. The van der Waals surface area contributed by atoms with Crippen LogP contribution in [0.3, 0.4) is 0 Å². The van der Waals surface area contributed by atoms with Gasteiger partial charge in [-0.2, -0.15) is 0 Å². The third-order valence-corrected chi connectivity index (χ3v) is 3.97. The van der Waals surface area contributed by atoms with Crippen LogP contribution in [0.25, 0.3) is 10.9 Å². The fourth-order valence-electron chi connectivity index (χ4n) is 2.24. The summed E-state index contributed by atoms with van der Waals surface area (Å²) in [6.45, 7) is 2.91.